The first-order valence-electron chi connectivity index (χ1n) is 10.8. The van der Waals surface area contributed by atoms with Gasteiger partial charge in [0.05, 0.1) is 59.2 Å². The molecule has 0 aliphatic rings. The molecule has 0 spiro atoms. The Bertz CT molecular complexity index is 1290. The van der Waals surface area contributed by atoms with E-state index in [-0.39, 0.29) is 53.5 Å². The summed E-state index contributed by atoms with van der Waals surface area (Å²) in [5.74, 6) is -3.77. The molecule has 2 aromatic carbocycles. The van der Waals surface area contributed by atoms with Crippen LogP contribution in [0.3, 0.4) is 0 Å². The molecule has 3 aromatic rings. The number of hydrogen-bond acceptors (Lipinski definition) is 8. The largest absolute Gasteiger partial charge is 0.462 e. The molecule has 1 N–H and O–H groups in total. The quantitative estimate of drug-likeness (QED) is 0.357. The Kier molecular flexibility index (Phi) is 7.78. The molecule has 1 heterocycles. The number of carbonyl (C=O) groups excluding carboxylic acids is 4. The zero-order valence-corrected chi connectivity index (χ0v) is 20.0. The molecule has 0 unspecified atom stereocenters. The summed E-state index contributed by atoms with van der Waals surface area (Å²) in [6.45, 7) is 6.23. The van der Waals surface area contributed by atoms with Gasteiger partial charge in [-0.3, -0.25) is 0 Å². The fourth-order valence-corrected chi connectivity index (χ4v) is 4.04. The van der Waals surface area contributed by atoms with Crippen LogP contribution in [0.2, 0.25) is 5.02 Å². The van der Waals surface area contributed by atoms with Crippen molar-refractivity contribution in [2.75, 3.05) is 26.4 Å². The van der Waals surface area contributed by atoms with E-state index in [1.807, 2.05) is 0 Å². The summed E-state index contributed by atoms with van der Waals surface area (Å²) in [6, 6.07) is 4.95. The second kappa shape index (κ2) is 10.6. The molecule has 1 aromatic heterocycles. The van der Waals surface area contributed by atoms with Crippen molar-refractivity contribution in [3.05, 3.63) is 45.5 Å². The number of halogens is 1. The topological polar surface area (TPSA) is 121 Å². The lowest BCUT2D eigenvalue weighted by atomic mass is 9.90. The van der Waals surface area contributed by atoms with E-state index < -0.39 is 35.0 Å². The minimum Gasteiger partial charge on any atom is -0.462 e. The van der Waals surface area contributed by atoms with Crippen molar-refractivity contribution >= 4 is 57.3 Å². The van der Waals surface area contributed by atoms with Gasteiger partial charge in [0.1, 0.15) is 0 Å². The Labute approximate surface area is 200 Å². The van der Waals surface area contributed by atoms with Gasteiger partial charge in [-0.05, 0) is 39.8 Å². The number of fused-ring (bicyclic) bond motifs is 3. The summed E-state index contributed by atoms with van der Waals surface area (Å²) in [5.41, 5.74) is -0.869. The highest BCUT2D eigenvalue weighted by Gasteiger charge is 2.37. The Morgan fingerprint density at radius 1 is 0.676 bits per heavy atom. The predicted molar refractivity (Wildman–Crippen MR) is 125 cm³/mol. The average Bonchev–Trinajstić information content (AvgIpc) is 3.18. The third-order valence-corrected chi connectivity index (χ3v) is 5.26. The maximum absolute atomic E-state index is 13.2. The second-order valence-electron chi connectivity index (χ2n) is 6.92. The van der Waals surface area contributed by atoms with E-state index in [9.17, 15) is 19.2 Å². The van der Waals surface area contributed by atoms with Crippen LogP contribution >= 0.6 is 11.6 Å². The third kappa shape index (κ3) is 4.31. The number of aromatic amines is 1. The number of rotatable bonds is 8. The van der Waals surface area contributed by atoms with Crippen LogP contribution in [0.25, 0.3) is 21.8 Å². The highest BCUT2D eigenvalue weighted by molar-refractivity contribution is 6.40. The summed E-state index contributed by atoms with van der Waals surface area (Å²) in [7, 11) is 0. The SMILES string of the molecule is CCOC(=O)c1c(C(=O)OCC)c(C(=O)OCC)c2c([nH]c3cccc(Cl)c32)c1C(=O)OCC. The number of benzene rings is 2. The summed E-state index contributed by atoms with van der Waals surface area (Å²) in [4.78, 5) is 55.7. The van der Waals surface area contributed by atoms with Gasteiger partial charge >= 0.3 is 23.9 Å². The van der Waals surface area contributed by atoms with Crippen molar-refractivity contribution in [3.8, 4) is 0 Å². The molecule has 0 saturated heterocycles. The number of carbonyl (C=O) groups is 4. The molecule has 0 aliphatic carbocycles. The van der Waals surface area contributed by atoms with Gasteiger partial charge in [-0.15, -0.1) is 0 Å². The molecule has 10 heteroatoms. The van der Waals surface area contributed by atoms with Gasteiger partial charge in [-0.25, -0.2) is 19.2 Å². The summed E-state index contributed by atoms with van der Waals surface area (Å²) >= 11 is 6.47. The molecule has 0 aliphatic heterocycles. The van der Waals surface area contributed by atoms with Crippen LogP contribution in [0.15, 0.2) is 18.2 Å². The fourth-order valence-electron chi connectivity index (χ4n) is 3.77. The van der Waals surface area contributed by atoms with Gasteiger partial charge in [0, 0.05) is 16.3 Å². The number of H-pyrrole nitrogens is 1. The smallest absolute Gasteiger partial charge is 0.341 e. The number of esters is 4. The maximum Gasteiger partial charge on any atom is 0.341 e. The zero-order valence-electron chi connectivity index (χ0n) is 19.2. The molecule has 34 heavy (non-hydrogen) atoms. The molecule has 3 rings (SSSR count). The maximum atomic E-state index is 13.2. The molecule has 0 bridgehead atoms. The minimum absolute atomic E-state index is 0.00204. The molecule has 0 saturated carbocycles. The van der Waals surface area contributed by atoms with Crippen molar-refractivity contribution in [1.82, 2.24) is 4.98 Å². The molecule has 0 atom stereocenters. The lowest BCUT2D eigenvalue weighted by molar-refractivity contribution is 0.0446. The Balaban J connectivity index is 2.69. The fraction of sp³-hybridized carbons (Fsp3) is 0.333. The van der Waals surface area contributed by atoms with Gasteiger partial charge in [-0.1, -0.05) is 17.7 Å². The van der Waals surface area contributed by atoms with Crippen LogP contribution in [-0.2, 0) is 18.9 Å². The first-order valence-corrected chi connectivity index (χ1v) is 11.2. The van der Waals surface area contributed by atoms with Crippen molar-refractivity contribution < 1.29 is 38.1 Å². The van der Waals surface area contributed by atoms with Crippen molar-refractivity contribution in [1.29, 1.82) is 0 Å². The number of aromatic nitrogens is 1. The van der Waals surface area contributed by atoms with Crippen LogP contribution in [-0.4, -0.2) is 55.3 Å². The highest BCUT2D eigenvalue weighted by atomic mass is 35.5. The molecule has 0 fully saturated rings. The number of ether oxygens (including phenoxy) is 4. The summed E-state index contributed by atoms with van der Waals surface area (Å²) in [6.07, 6.45) is 0. The predicted octanol–water partition coefficient (Wildman–Crippen LogP) is 4.68. The van der Waals surface area contributed by atoms with Crippen LogP contribution in [0.5, 0.6) is 0 Å². The van der Waals surface area contributed by atoms with Crippen molar-refractivity contribution in [2.24, 2.45) is 0 Å². The standard InChI is InChI=1S/C24H24ClNO8/c1-5-31-21(27)16-15-14-12(25)10-9-11-13(14)26-20(15)19(24(30)34-8-4)18(23(29)33-7-3)17(16)22(28)32-6-2/h9-11,26H,5-8H2,1-4H3. The first kappa shape index (κ1) is 25.0. The molecule has 0 radical (unpaired) electrons. The lowest BCUT2D eigenvalue weighted by Crippen LogP contribution is -2.24. The van der Waals surface area contributed by atoms with E-state index in [1.54, 1.807) is 45.9 Å². The number of nitrogens with one attached hydrogen (secondary N) is 1. The Morgan fingerprint density at radius 2 is 1.12 bits per heavy atom. The van der Waals surface area contributed by atoms with E-state index in [1.165, 1.54) is 0 Å². The van der Waals surface area contributed by atoms with Gasteiger partial charge in [0.15, 0.2) is 0 Å². The van der Waals surface area contributed by atoms with Gasteiger partial charge in [0.2, 0.25) is 0 Å². The highest BCUT2D eigenvalue weighted by Crippen LogP contribution is 2.40. The minimum atomic E-state index is -0.998. The Morgan fingerprint density at radius 3 is 1.62 bits per heavy atom. The van der Waals surface area contributed by atoms with Crippen LogP contribution in [0, 0.1) is 0 Å². The monoisotopic (exact) mass is 489 g/mol. The normalized spacial score (nSPS) is 10.9. The molecular formula is C24H24ClNO8. The molecular weight excluding hydrogens is 466 g/mol. The van der Waals surface area contributed by atoms with Crippen LogP contribution in [0.4, 0.5) is 0 Å². The van der Waals surface area contributed by atoms with Crippen LogP contribution < -0.4 is 0 Å². The molecule has 0 amide bonds. The third-order valence-electron chi connectivity index (χ3n) is 4.94. The van der Waals surface area contributed by atoms with Gasteiger partial charge < -0.3 is 23.9 Å². The molecule has 9 nitrogen and oxygen atoms in total. The second-order valence-corrected chi connectivity index (χ2v) is 7.33. The average molecular weight is 490 g/mol. The zero-order chi connectivity index (χ0) is 25.0. The van der Waals surface area contributed by atoms with E-state index in [2.05, 4.69) is 4.98 Å². The summed E-state index contributed by atoms with van der Waals surface area (Å²) < 4.78 is 20.8. The van der Waals surface area contributed by atoms with Crippen molar-refractivity contribution in [3.63, 3.8) is 0 Å². The van der Waals surface area contributed by atoms with Crippen LogP contribution in [0.1, 0.15) is 69.1 Å². The van der Waals surface area contributed by atoms with E-state index >= 15 is 0 Å². The first-order chi connectivity index (χ1) is 16.3. The molecule has 180 valence electrons. The van der Waals surface area contributed by atoms with Gasteiger partial charge in [-0.2, -0.15) is 0 Å². The van der Waals surface area contributed by atoms with E-state index in [0.717, 1.165) is 0 Å². The van der Waals surface area contributed by atoms with E-state index in [4.69, 9.17) is 30.5 Å². The van der Waals surface area contributed by atoms with Crippen molar-refractivity contribution in [2.45, 2.75) is 27.7 Å². The Hall–Kier alpha value is -3.59. The number of hydrogen-bond donors (Lipinski definition) is 1. The van der Waals surface area contributed by atoms with E-state index in [0.29, 0.717) is 10.9 Å². The van der Waals surface area contributed by atoms with Gasteiger partial charge in [0.25, 0.3) is 0 Å². The summed E-state index contributed by atoms with van der Waals surface area (Å²) in [5, 5.41) is 0.759. The lowest BCUT2D eigenvalue weighted by Gasteiger charge is -2.18.